The Morgan fingerprint density at radius 3 is 2.63 bits per heavy atom. The summed E-state index contributed by atoms with van der Waals surface area (Å²) in [7, 11) is -3.60. The van der Waals surface area contributed by atoms with Gasteiger partial charge in [-0.2, -0.15) is 9.40 Å². The van der Waals surface area contributed by atoms with E-state index in [1.807, 2.05) is 12.1 Å². The van der Waals surface area contributed by atoms with Crippen LogP contribution in [0.5, 0.6) is 11.5 Å². The van der Waals surface area contributed by atoms with Gasteiger partial charge >= 0.3 is 0 Å². The smallest absolute Gasteiger partial charge is 0.243 e. The molecule has 0 bridgehead atoms. The second kappa shape index (κ2) is 7.69. The molecule has 1 fully saturated rings. The fraction of sp³-hybridized carbons (Fsp3) is 0.350. The van der Waals surface area contributed by atoms with E-state index in [2.05, 4.69) is 20.2 Å². The maximum absolute atomic E-state index is 13.1. The lowest BCUT2D eigenvalue weighted by molar-refractivity contribution is 0.171. The van der Waals surface area contributed by atoms with Crippen LogP contribution in [0.15, 0.2) is 47.6 Å². The standard InChI is InChI=1S/C20H21N5O4S/c26-30(27,16-3-4-17-18(12-16)29-11-10-28-17)25-8-5-14(6-9-25)19-22-20(24-23-19)15-2-1-7-21-13-15/h1-4,7,12-14H,5-6,8-11H2,(H,22,23,24). The Bertz CT molecular complexity index is 1140. The first-order valence-corrected chi connectivity index (χ1v) is 11.3. The van der Waals surface area contributed by atoms with E-state index in [1.165, 1.54) is 4.31 Å². The molecule has 4 heterocycles. The van der Waals surface area contributed by atoms with Crippen LogP contribution in [-0.2, 0) is 10.0 Å². The summed E-state index contributed by atoms with van der Waals surface area (Å²) in [6.07, 6.45) is 4.77. The lowest BCUT2D eigenvalue weighted by atomic mass is 9.97. The molecule has 3 aromatic rings. The predicted octanol–water partition coefficient (Wildman–Crippen LogP) is 2.21. The van der Waals surface area contributed by atoms with Crippen molar-refractivity contribution in [3.8, 4) is 22.9 Å². The van der Waals surface area contributed by atoms with Crippen LogP contribution in [-0.4, -0.2) is 59.2 Å². The first-order chi connectivity index (χ1) is 14.6. The zero-order valence-corrected chi connectivity index (χ0v) is 17.0. The number of H-pyrrole nitrogens is 1. The fourth-order valence-corrected chi connectivity index (χ4v) is 5.27. The second-order valence-corrected chi connectivity index (χ2v) is 9.21. The number of fused-ring (bicyclic) bond motifs is 1. The van der Waals surface area contributed by atoms with Crippen LogP contribution >= 0.6 is 0 Å². The highest BCUT2D eigenvalue weighted by Gasteiger charge is 2.32. The summed E-state index contributed by atoms with van der Waals surface area (Å²) in [6.45, 7) is 1.73. The summed E-state index contributed by atoms with van der Waals surface area (Å²) in [5.74, 6) is 2.57. The van der Waals surface area contributed by atoms with E-state index in [0.717, 1.165) is 11.4 Å². The molecule has 30 heavy (non-hydrogen) atoms. The molecular formula is C20H21N5O4S. The summed E-state index contributed by atoms with van der Waals surface area (Å²) in [4.78, 5) is 8.91. The minimum Gasteiger partial charge on any atom is -0.486 e. The average molecular weight is 427 g/mol. The first-order valence-electron chi connectivity index (χ1n) is 9.84. The minimum absolute atomic E-state index is 0.134. The third kappa shape index (κ3) is 3.52. The van der Waals surface area contributed by atoms with E-state index in [1.54, 1.807) is 30.6 Å². The van der Waals surface area contributed by atoms with Gasteiger partial charge < -0.3 is 9.47 Å². The van der Waals surface area contributed by atoms with Gasteiger partial charge in [0.25, 0.3) is 0 Å². The molecule has 2 aromatic heterocycles. The van der Waals surface area contributed by atoms with E-state index < -0.39 is 10.0 Å². The maximum atomic E-state index is 13.1. The Kier molecular flexibility index (Phi) is 4.87. The molecule has 0 saturated carbocycles. The molecule has 0 atom stereocenters. The van der Waals surface area contributed by atoms with Gasteiger partial charge in [-0.3, -0.25) is 10.1 Å². The van der Waals surface area contributed by atoms with E-state index in [9.17, 15) is 8.42 Å². The third-order valence-electron chi connectivity index (χ3n) is 5.41. The Morgan fingerprint density at radius 1 is 1.07 bits per heavy atom. The molecule has 10 heteroatoms. The molecule has 1 N–H and O–H groups in total. The van der Waals surface area contributed by atoms with Crippen LogP contribution in [0, 0.1) is 0 Å². The number of hydrogen-bond donors (Lipinski definition) is 1. The number of nitrogens with one attached hydrogen (secondary N) is 1. The van der Waals surface area contributed by atoms with Crippen molar-refractivity contribution >= 4 is 10.0 Å². The quantitative estimate of drug-likeness (QED) is 0.680. The second-order valence-electron chi connectivity index (χ2n) is 7.27. The van der Waals surface area contributed by atoms with Crippen LogP contribution < -0.4 is 9.47 Å². The molecule has 9 nitrogen and oxygen atoms in total. The van der Waals surface area contributed by atoms with Crippen LogP contribution in [0.4, 0.5) is 0 Å². The number of aromatic nitrogens is 4. The topological polar surface area (TPSA) is 110 Å². The molecule has 0 unspecified atom stereocenters. The van der Waals surface area contributed by atoms with Crippen molar-refractivity contribution in [2.45, 2.75) is 23.7 Å². The van der Waals surface area contributed by atoms with Gasteiger partial charge in [-0.15, -0.1) is 0 Å². The molecule has 1 saturated heterocycles. The monoisotopic (exact) mass is 427 g/mol. The number of ether oxygens (including phenoxy) is 2. The summed E-state index contributed by atoms with van der Waals surface area (Å²) < 4.78 is 38.7. The number of piperidine rings is 1. The number of aromatic amines is 1. The Morgan fingerprint density at radius 2 is 1.87 bits per heavy atom. The molecular weight excluding hydrogens is 406 g/mol. The molecule has 2 aliphatic rings. The predicted molar refractivity (Wildman–Crippen MR) is 108 cm³/mol. The van der Waals surface area contributed by atoms with Crippen LogP contribution in [0.1, 0.15) is 24.6 Å². The van der Waals surface area contributed by atoms with Crippen LogP contribution in [0.2, 0.25) is 0 Å². The largest absolute Gasteiger partial charge is 0.486 e. The van der Waals surface area contributed by atoms with Gasteiger partial charge in [0.05, 0.1) is 4.90 Å². The molecule has 2 aliphatic heterocycles. The van der Waals surface area contributed by atoms with Crippen molar-refractivity contribution in [1.82, 2.24) is 24.5 Å². The van der Waals surface area contributed by atoms with Gasteiger partial charge in [0.15, 0.2) is 17.3 Å². The van der Waals surface area contributed by atoms with Crippen molar-refractivity contribution in [2.24, 2.45) is 0 Å². The number of rotatable bonds is 4. The molecule has 1 aromatic carbocycles. The molecule has 0 aliphatic carbocycles. The molecule has 5 rings (SSSR count). The number of pyridine rings is 1. The Balaban J connectivity index is 1.28. The molecule has 0 amide bonds. The van der Waals surface area contributed by atoms with Crippen molar-refractivity contribution in [3.63, 3.8) is 0 Å². The van der Waals surface area contributed by atoms with Crippen molar-refractivity contribution < 1.29 is 17.9 Å². The number of benzene rings is 1. The summed E-state index contributed by atoms with van der Waals surface area (Å²) in [5, 5.41) is 7.29. The van der Waals surface area contributed by atoms with Crippen molar-refractivity contribution in [1.29, 1.82) is 0 Å². The van der Waals surface area contributed by atoms with Crippen molar-refractivity contribution in [2.75, 3.05) is 26.3 Å². The minimum atomic E-state index is -3.60. The molecule has 156 valence electrons. The van der Waals surface area contributed by atoms with E-state index in [4.69, 9.17) is 9.47 Å². The van der Waals surface area contributed by atoms with Gasteiger partial charge in [-0.05, 0) is 37.1 Å². The maximum Gasteiger partial charge on any atom is 0.243 e. The molecule has 0 radical (unpaired) electrons. The van der Waals surface area contributed by atoms with Gasteiger partial charge in [0, 0.05) is 43.0 Å². The zero-order valence-electron chi connectivity index (χ0n) is 16.2. The summed E-state index contributed by atoms with van der Waals surface area (Å²) in [6, 6.07) is 8.52. The van der Waals surface area contributed by atoms with Gasteiger partial charge in [-0.1, -0.05) is 0 Å². The number of nitrogens with zero attached hydrogens (tertiary/aromatic N) is 4. The van der Waals surface area contributed by atoms with Gasteiger partial charge in [0.2, 0.25) is 10.0 Å². The lowest BCUT2D eigenvalue weighted by Gasteiger charge is -2.30. The highest BCUT2D eigenvalue weighted by atomic mass is 32.2. The lowest BCUT2D eigenvalue weighted by Crippen LogP contribution is -2.38. The fourth-order valence-electron chi connectivity index (χ4n) is 3.78. The average Bonchev–Trinajstić information content (AvgIpc) is 3.30. The summed E-state index contributed by atoms with van der Waals surface area (Å²) >= 11 is 0. The highest BCUT2D eigenvalue weighted by Crippen LogP contribution is 2.35. The SMILES string of the molecule is O=S(=O)(c1ccc2c(c1)OCCO2)N1CCC(c2nc(-c3cccnc3)n[nH]2)CC1. The van der Waals surface area contributed by atoms with E-state index in [0.29, 0.717) is 56.5 Å². The zero-order chi connectivity index (χ0) is 20.6. The van der Waals surface area contributed by atoms with E-state index >= 15 is 0 Å². The Labute approximate surface area is 174 Å². The van der Waals surface area contributed by atoms with Gasteiger partial charge in [-0.25, -0.2) is 13.4 Å². The van der Waals surface area contributed by atoms with Crippen LogP contribution in [0.25, 0.3) is 11.4 Å². The van der Waals surface area contributed by atoms with Crippen molar-refractivity contribution in [3.05, 3.63) is 48.5 Å². The van der Waals surface area contributed by atoms with Gasteiger partial charge in [0.1, 0.15) is 19.0 Å². The first kappa shape index (κ1) is 19.0. The number of sulfonamides is 1. The Hall–Kier alpha value is -2.98. The highest BCUT2D eigenvalue weighted by molar-refractivity contribution is 7.89. The number of hydrogen-bond acceptors (Lipinski definition) is 7. The summed E-state index contributed by atoms with van der Waals surface area (Å²) in [5.41, 5.74) is 0.846. The molecule has 0 spiro atoms. The van der Waals surface area contributed by atoms with Crippen LogP contribution in [0.3, 0.4) is 0 Å². The third-order valence-corrected chi connectivity index (χ3v) is 7.31. The van der Waals surface area contributed by atoms with E-state index in [-0.39, 0.29) is 10.8 Å². The normalized spacial score (nSPS) is 17.7.